The van der Waals surface area contributed by atoms with Crippen molar-refractivity contribution in [3.63, 3.8) is 0 Å². The van der Waals surface area contributed by atoms with Gasteiger partial charge in [-0.05, 0) is 61.0 Å². The van der Waals surface area contributed by atoms with Crippen molar-refractivity contribution in [2.45, 2.75) is 44.6 Å². The number of rotatable bonds is 11. The zero-order valence-electron chi connectivity index (χ0n) is 19.0. The van der Waals surface area contributed by atoms with Crippen LogP contribution in [0.15, 0.2) is 90.1 Å². The molecule has 0 aromatic heterocycles. The van der Waals surface area contributed by atoms with Gasteiger partial charge in [0.05, 0.1) is 0 Å². The number of unbranched alkanes of at least 4 members (excludes halogenated alkanes) is 1. The number of carboxylic acids is 1. The van der Waals surface area contributed by atoms with Crippen molar-refractivity contribution < 1.29 is 14.7 Å². The van der Waals surface area contributed by atoms with E-state index in [1.807, 2.05) is 42.6 Å². The highest BCUT2D eigenvalue weighted by Crippen LogP contribution is 2.45. The van der Waals surface area contributed by atoms with E-state index < -0.39 is 5.97 Å². The van der Waals surface area contributed by atoms with Gasteiger partial charge in [0.25, 0.3) is 0 Å². The predicted molar refractivity (Wildman–Crippen MR) is 132 cm³/mol. The van der Waals surface area contributed by atoms with E-state index in [4.69, 9.17) is 9.94 Å². The number of hydrogen-bond donors (Lipinski definition) is 1. The van der Waals surface area contributed by atoms with E-state index in [1.54, 1.807) is 0 Å². The van der Waals surface area contributed by atoms with Crippen LogP contribution in [0.2, 0.25) is 0 Å². The molecule has 33 heavy (non-hydrogen) atoms. The van der Waals surface area contributed by atoms with Gasteiger partial charge in [0.2, 0.25) is 0 Å². The van der Waals surface area contributed by atoms with E-state index in [0.717, 1.165) is 24.0 Å². The maximum Gasteiger partial charge on any atom is 0.303 e. The van der Waals surface area contributed by atoms with Crippen LogP contribution in [0.3, 0.4) is 0 Å². The number of hydrogen-bond acceptors (Lipinski definition) is 3. The van der Waals surface area contributed by atoms with Crippen molar-refractivity contribution in [3.8, 4) is 0 Å². The number of aliphatic carboxylic acids is 1. The molecule has 4 heteroatoms. The number of benzene rings is 2. The molecular weight excluding hydrogens is 410 g/mol. The largest absolute Gasteiger partial charge is 0.481 e. The fourth-order valence-corrected chi connectivity index (χ4v) is 5.17. The second-order valence-electron chi connectivity index (χ2n) is 9.09. The van der Waals surface area contributed by atoms with Gasteiger partial charge in [0.1, 0.15) is 0 Å². The highest BCUT2D eigenvalue weighted by atomic mass is 16.6. The van der Waals surface area contributed by atoms with Gasteiger partial charge in [-0.1, -0.05) is 90.1 Å². The van der Waals surface area contributed by atoms with Gasteiger partial charge in [0, 0.05) is 18.6 Å². The number of nitrogens with zero attached hydrogens (tertiary/aromatic N) is 1. The fourth-order valence-electron chi connectivity index (χ4n) is 5.17. The summed E-state index contributed by atoms with van der Waals surface area (Å²) in [6.45, 7) is 0. The van der Waals surface area contributed by atoms with Gasteiger partial charge in [-0.15, -0.1) is 0 Å². The molecule has 1 saturated carbocycles. The maximum atomic E-state index is 10.7. The van der Waals surface area contributed by atoms with Gasteiger partial charge in [-0.2, -0.15) is 0 Å². The quantitative estimate of drug-likeness (QED) is 0.180. The summed E-state index contributed by atoms with van der Waals surface area (Å²) in [4.78, 5) is 16.8. The molecule has 1 N–H and O–H groups in total. The van der Waals surface area contributed by atoms with E-state index in [2.05, 4.69) is 53.7 Å². The molecule has 0 radical (unpaired) electrons. The number of allylic oxidation sites excluding steroid dienone is 4. The first kappa shape index (κ1) is 23.0. The van der Waals surface area contributed by atoms with Crippen molar-refractivity contribution >= 4 is 12.2 Å². The second-order valence-corrected chi connectivity index (χ2v) is 9.09. The SMILES string of the molecule is O=C(O)CCC/C=C\C[C@@H]1[C@@H](/C=N/OC(c2ccccc2)c2ccccc2)[C@@H]2C=C[C@H]1CC2. The van der Waals surface area contributed by atoms with Crippen molar-refractivity contribution in [3.05, 3.63) is 96.1 Å². The third-order valence-electron chi connectivity index (χ3n) is 6.92. The Bertz CT molecular complexity index is 927. The number of fused-ring (bicyclic) bond motifs is 2. The lowest BCUT2D eigenvalue weighted by Crippen LogP contribution is -2.37. The Balaban J connectivity index is 1.42. The van der Waals surface area contributed by atoms with Gasteiger partial charge in [-0.25, -0.2) is 0 Å². The first-order valence-electron chi connectivity index (χ1n) is 12.1. The number of oxime groups is 1. The van der Waals surface area contributed by atoms with Crippen LogP contribution in [-0.4, -0.2) is 17.3 Å². The maximum absolute atomic E-state index is 10.7. The Morgan fingerprint density at radius 1 is 0.970 bits per heavy atom. The van der Waals surface area contributed by atoms with Crippen molar-refractivity contribution in [1.29, 1.82) is 0 Å². The summed E-state index contributed by atoms with van der Waals surface area (Å²) in [5, 5.41) is 13.3. The summed E-state index contributed by atoms with van der Waals surface area (Å²) >= 11 is 0. The Kier molecular flexibility index (Phi) is 8.13. The highest BCUT2D eigenvalue weighted by Gasteiger charge is 2.39. The van der Waals surface area contributed by atoms with E-state index in [0.29, 0.717) is 30.1 Å². The fraction of sp³-hybridized carbons (Fsp3) is 0.379. The standard InChI is InChI=1S/C29H33NO3/c31-28(32)16-10-2-1-9-15-26-22-17-19-23(20-18-22)27(26)21-30-33-29(24-11-5-3-6-12-24)25-13-7-4-8-14-25/h1,3-9,11-14,17,19,21-23,26-27,29H,2,10,15-16,18,20H2,(H,31,32)/b9-1-,30-21+/t22-,23+,26-,27-/m0/s1. The predicted octanol–water partition coefficient (Wildman–Crippen LogP) is 6.81. The van der Waals surface area contributed by atoms with Crippen molar-refractivity contribution in [2.75, 3.05) is 0 Å². The zero-order valence-corrected chi connectivity index (χ0v) is 19.0. The monoisotopic (exact) mass is 443 g/mol. The molecule has 0 spiro atoms. The summed E-state index contributed by atoms with van der Waals surface area (Å²) < 4.78 is 0. The molecule has 172 valence electrons. The molecule has 2 bridgehead atoms. The van der Waals surface area contributed by atoms with Crippen LogP contribution >= 0.6 is 0 Å². The smallest absolute Gasteiger partial charge is 0.303 e. The van der Waals surface area contributed by atoms with Gasteiger partial charge in [0.15, 0.2) is 6.10 Å². The van der Waals surface area contributed by atoms with Gasteiger partial charge >= 0.3 is 5.97 Å². The molecule has 2 aromatic carbocycles. The minimum atomic E-state index is -0.723. The number of carbonyl (C=O) groups is 1. The second kappa shape index (κ2) is 11.6. The highest BCUT2D eigenvalue weighted by molar-refractivity contribution is 5.66. The Morgan fingerprint density at radius 2 is 1.61 bits per heavy atom. The molecule has 0 amide bonds. The van der Waals surface area contributed by atoms with Crippen molar-refractivity contribution in [2.24, 2.45) is 28.8 Å². The molecule has 4 atom stereocenters. The summed E-state index contributed by atoms with van der Waals surface area (Å²) in [7, 11) is 0. The zero-order chi connectivity index (χ0) is 22.9. The molecule has 0 heterocycles. The average molecular weight is 444 g/mol. The normalized spacial score (nSPS) is 24.2. The lowest BCUT2D eigenvalue weighted by atomic mass is 9.62. The molecular formula is C29H33NO3. The van der Waals surface area contributed by atoms with Crippen LogP contribution in [0, 0.1) is 23.7 Å². The first-order chi connectivity index (χ1) is 16.2. The van der Waals surface area contributed by atoms with Crippen LogP contribution < -0.4 is 0 Å². The molecule has 0 unspecified atom stereocenters. The van der Waals surface area contributed by atoms with Crippen LogP contribution in [0.25, 0.3) is 0 Å². The molecule has 5 rings (SSSR count). The first-order valence-corrected chi connectivity index (χ1v) is 12.1. The lowest BCUT2D eigenvalue weighted by Gasteiger charge is -2.43. The summed E-state index contributed by atoms with van der Waals surface area (Å²) in [5.41, 5.74) is 2.18. The Labute approximate surface area is 196 Å². The average Bonchev–Trinajstić information content (AvgIpc) is 2.86. The molecule has 3 aliphatic rings. The molecule has 0 saturated heterocycles. The molecule has 2 aromatic rings. The topological polar surface area (TPSA) is 58.9 Å². The van der Waals surface area contributed by atoms with Crippen LogP contribution in [0.1, 0.15) is 55.8 Å². The van der Waals surface area contributed by atoms with E-state index in [9.17, 15) is 4.79 Å². The van der Waals surface area contributed by atoms with Gasteiger partial charge in [-0.3, -0.25) is 4.79 Å². The Morgan fingerprint density at radius 3 is 2.21 bits per heavy atom. The lowest BCUT2D eigenvalue weighted by molar-refractivity contribution is -0.137. The number of carboxylic acid groups (broad SMARTS) is 1. The summed E-state index contributed by atoms with van der Waals surface area (Å²) in [6.07, 6.45) is 16.1. The van der Waals surface area contributed by atoms with Crippen LogP contribution in [0.5, 0.6) is 0 Å². The van der Waals surface area contributed by atoms with E-state index in [-0.39, 0.29) is 12.5 Å². The molecule has 0 aliphatic heterocycles. The minimum Gasteiger partial charge on any atom is -0.481 e. The third-order valence-corrected chi connectivity index (χ3v) is 6.92. The third kappa shape index (κ3) is 6.22. The van der Waals surface area contributed by atoms with Crippen molar-refractivity contribution in [1.82, 2.24) is 0 Å². The van der Waals surface area contributed by atoms with Gasteiger partial charge < -0.3 is 9.94 Å². The molecule has 1 fully saturated rings. The van der Waals surface area contributed by atoms with E-state index >= 15 is 0 Å². The summed E-state index contributed by atoms with van der Waals surface area (Å²) in [6, 6.07) is 20.5. The summed E-state index contributed by atoms with van der Waals surface area (Å²) in [5.74, 6) is 1.25. The minimum absolute atomic E-state index is 0.229. The van der Waals surface area contributed by atoms with Crippen LogP contribution in [0.4, 0.5) is 0 Å². The molecule has 3 aliphatic carbocycles. The Hall–Kier alpha value is -3.14. The van der Waals surface area contributed by atoms with Crippen LogP contribution in [-0.2, 0) is 9.63 Å². The molecule has 4 nitrogen and oxygen atoms in total. The van der Waals surface area contributed by atoms with E-state index in [1.165, 1.54) is 12.8 Å².